The van der Waals surface area contributed by atoms with Crippen LogP contribution in [-0.4, -0.2) is 38.9 Å². The van der Waals surface area contributed by atoms with Gasteiger partial charge in [-0.05, 0) is 13.0 Å². The Morgan fingerprint density at radius 2 is 1.85 bits per heavy atom. The van der Waals surface area contributed by atoms with E-state index in [1.54, 1.807) is 13.2 Å². The molecule has 0 aliphatic heterocycles. The van der Waals surface area contributed by atoms with Gasteiger partial charge in [0.15, 0.2) is 11.5 Å². The monoisotopic (exact) mass is 285 g/mol. The molecule has 0 spiro atoms. The summed E-state index contributed by atoms with van der Waals surface area (Å²) in [5, 5.41) is 13.1. The molecule has 1 aromatic rings. The fourth-order valence-corrected chi connectivity index (χ4v) is 1.90. The molecule has 0 aromatic heterocycles. The van der Waals surface area contributed by atoms with Crippen molar-refractivity contribution < 1.29 is 24.5 Å². The molecule has 0 aliphatic carbocycles. The summed E-state index contributed by atoms with van der Waals surface area (Å²) in [6, 6.07) is 3.25. The minimum Gasteiger partial charge on any atom is -0.493 e. The largest absolute Gasteiger partial charge is 0.493 e. The second-order valence-corrected chi connectivity index (χ2v) is 4.47. The molecule has 0 saturated heterocycles. The van der Waals surface area contributed by atoms with Crippen LogP contribution in [0.4, 0.5) is 5.69 Å². The fourth-order valence-electron chi connectivity index (χ4n) is 1.90. The molecule has 1 rings (SSSR count). The average Bonchev–Trinajstić information content (AvgIpc) is 2.44. The zero-order valence-corrected chi connectivity index (χ0v) is 12.2. The summed E-state index contributed by atoms with van der Waals surface area (Å²) < 4.78 is 15.3. The Labute approximate surface area is 118 Å². The van der Waals surface area contributed by atoms with E-state index in [1.807, 2.05) is 12.2 Å². The van der Waals surface area contributed by atoms with Crippen LogP contribution in [0.1, 0.15) is 12.5 Å². The molecule has 112 valence electrons. The number of nitro groups is 1. The van der Waals surface area contributed by atoms with Gasteiger partial charge in [0.05, 0.1) is 37.4 Å². The maximum absolute atomic E-state index is 11.1. The van der Waals surface area contributed by atoms with E-state index in [9.17, 15) is 10.1 Å². The molecule has 2 N–H and O–H groups in total. The number of ether oxygens (including phenoxy) is 3. The fraction of sp³-hybridized carbons (Fsp3) is 0.538. The third kappa shape index (κ3) is 4.07. The number of nitrogens with zero attached hydrogens (tertiary/aromatic N) is 1. The van der Waals surface area contributed by atoms with Crippen LogP contribution in [0.5, 0.6) is 11.5 Å². The van der Waals surface area contributed by atoms with E-state index in [2.05, 4.69) is 0 Å². The Hall–Kier alpha value is -1.86. The van der Waals surface area contributed by atoms with Crippen LogP contribution in [-0.2, 0) is 11.3 Å². The number of nitrogens with two attached hydrogens (primary N) is 1. The van der Waals surface area contributed by atoms with E-state index in [0.29, 0.717) is 30.2 Å². The maximum Gasteiger partial charge on any atom is 0.282 e. The van der Waals surface area contributed by atoms with Crippen LogP contribution in [0.2, 0.25) is 0 Å². The second-order valence-electron chi connectivity index (χ2n) is 4.47. The molecular weight excluding hydrogens is 264 g/mol. The summed E-state index contributed by atoms with van der Waals surface area (Å²) in [5.74, 6) is 0.841. The highest BCUT2D eigenvalue weighted by Gasteiger charge is 2.21. The lowest BCUT2D eigenvalue weighted by molar-refractivity contribution is -0.703. The van der Waals surface area contributed by atoms with Gasteiger partial charge in [0.1, 0.15) is 12.6 Å². The number of quaternary nitrogens is 1. The Kier molecular flexibility index (Phi) is 6.20. The second kappa shape index (κ2) is 7.66. The zero-order chi connectivity index (χ0) is 15.1. The molecule has 7 heteroatoms. The Morgan fingerprint density at radius 3 is 2.35 bits per heavy atom. The van der Waals surface area contributed by atoms with Crippen LogP contribution in [0.15, 0.2) is 12.1 Å². The molecule has 0 fully saturated rings. The normalized spacial score (nSPS) is 12.0. The molecule has 0 bridgehead atoms. The van der Waals surface area contributed by atoms with Gasteiger partial charge in [-0.2, -0.15) is 0 Å². The van der Waals surface area contributed by atoms with Crippen molar-refractivity contribution in [2.75, 3.05) is 27.9 Å². The van der Waals surface area contributed by atoms with Gasteiger partial charge in [0, 0.05) is 7.11 Å². The van der Waals surface area contributed by atoms with Gasteiger partial charge in [-0.3, -0.25) is 10.1 Å². The van der Waals surface area contributed by atoms with Crippen LogP contribution >= 0.6 is 0 Å². The first-order valence-electron chi connectivity index (χ1n) is 6.25. The van der Waals surface area contributed by atoms with Gasteiger partial charge in [-0.25, -0.2) is 0 Å². The first-order chi connectivity index (χ1) is 9.53. The van der Waals surface area contributed by atoms with Gasteiger partial charge in [0.2, 0.25) is 0 Å². The number of benzene rings is 1. The summed E-state index contributed by atoms with van der Waals surface area (Å²) in [7, 11) is 4.59. The topological polar surface area (TPSA) is 87.4 Å². The van der Waals surface area contributed by atoms with Crippen LogP contribution in [0, 0.1) is 10.1 Å². The Bertz CT molecular complexity index is 464. The van der Waals surface area contributed by atoms with E-state index < -0.39 is 4.92 Å². The minimum atomic E-state index is -0.411. The van der Waals surface area contributed by atoms with Crippen molar-refractivity contribution in [3.8, 4) is 11.5 Å². The molecule has 0 unspecified atom stereocenters. The van der Waals surface area contributed by atoms with Crippen molar-refractivity contribution >= 4 is 5.69 Å². The van der Waals surface area contributed by atoms with Gasteiger partial charge < -0.3 is 19.5 Å². The number of nitro benzene ring substituents is 1. The smallest absolute Gasteiger partial charge is 0.282 e. The highest BCUT2D eigenvalue weighted by molar-refractivity contribution is 5.53. The SMILES string of the molecule is COC[C@H](C)[NH2+]Cc1cc(OC)c(OC)cc1[N+](=O)[O-]. The van der Waals surface area contributed by atoms with Crippen molar-refractivity contribution in [3.05, 3.63) is 27.8 Å². The van der Waals surface area contributed by atoms with Crippen molar-refractivity contribution in [2.24, 2.45) is 0 Å². The molecule has 0 saturated carbocycles. The standard InChI is InChI=1S/C13H20N2O5/c1-9(8-18-2)14-7-10-5-12(19-3)13(20-4)6-11(10)15(16)17/h5-6,9,14H,7-8H2,1-4H3/p+1/t9-/m0/s1. The maximum atomic E-state index is 11.1. The lowest BCUT2D eigenvalue weighted by Crippen LogP contribution is -2.88. The molecule has 1 aromatic carbocycles. The number of methoxy groups -OCH3 is 3. The van der Waals surface area contributed by atoms with Gasteiger partial charge in [0.25, 0.3) is 5.69 Å². The molecule has 20 heavy (non-hydrogen) atoms. The van der Waals surface area contributed by atoms with Gasteiger partial charge in [-0.15, -0.1) is 0 Å². The van der Waals surface area contributed by atoms with E-state index >= 15 is 0 Å². The predicted octanol–water partition coefficient (Wildman–Crippen LogP) is 0.710. The van der Waals surface area contributed by atoms with Crippen molar-refractivity contribution in [3.63, 3.8) is 0 Å². The molecule has 0 radical (unpaired) electrons. The lowest BCUT2D eigenvalue weighted by Gasteiger charge is -2.12. The molecule has 0 amide bonds. The zero-order valence-electron chi connectivity index (χ0n) is 12.2. The van der Waals surface area contributed by atoms with E-state index in [0.717, 1.165) is 0 Å². The van der Waals surface area contributed by atoms with Crippen LogP contribution in [0.25, 0.3) is 0 Å². The molecule has 0 heterocycles. The van der Waals surface area contributed by atoms with Crippen LogP contribution < -0.4 is 14.8 Å². The number of rotatable bonds is 8. The number of hydrogen-bond donors (Lipinski definition) is 1. The highest BCUT2D eigenvalue weighted by atomic mass is 16.6. The quantitative estimate of drug-likeness (QED) is 0.561. The summed E-state index contributed by atoms with van der Waals surface area (Å²) in [6.07, 6.45) is 0. The van der Waals surface area contributed by atoms with Crippen molar-refractivity contribution in [2.45, 2.75) is 19.5 Å². The lowest BCUT2D eigenvalue weighted by atomic mass is 10.1. The summed E-state index contributed by atoms with van der Waals surface area (Å²) >= 11 is 0. The van der Waals surface area contributed by atoms with Crippen molar-refractivity contribution in [1.82, 2.24) is 0 Å². The summed E-state index contributed by atoms with van der Waals surface area (Å²) in [5.41, 5.74) is 0.624. The van der Waals surface area contributed by atoms with E-state index in [1.165, 1.54) is 20.3 Å². The molecular formula is C13H21N2O5+. The predicted molar refractivity (Wildman–Crippen MR) is 73.2 cm³/mol. The first kappa shape index (κ1) is 16.2. The average molecular weight is 285 g/mol. The first-order valence-corrected chi connectivity index (χ1v) is 6.25. The summed E-state index contributed by atoms with van der Waals surface area (Å²) in [6.45, 7) is 3.05. The third-order valence-corrected chi connectivity index (χ3v) is 2.95. The number of hydrogen-bond acceptors (Lipinski definition) is 5. The molecule has 1 atom stereocenters. The Morgan fingerprint density at radius 1 is 1.25 bits per heavy atom. The van der Waals surface area contributed by atoms with Crippen molar-refractivity contribution in [1.29, 1.82) is 0 Å². The molecule has 0 aliphatic rings. The van der Waals surface area contributed by atoms with Gasteiger partial charge >= 0.3 is 0 Å². The summed E-state index contributed by atoms with van der Waals surface area (Å²) in [4.78, 5) is 10.7. The van der Waals surface area contributed by atoms with E-state index in [4.69, 9.17) is 14.2 Å². The highest BCUT2D eigenvalue weighted by Crippen LogP contribution is 2.33. The van der Waals surface area contributed by atoms with Crippen LogP contribution in [0.3, 0.4) is 0 Å². The van der Waals surface area contributed by atoms with Gasteiger partial charge in [-0.1, -0.05) is 0 Å². The Balaban J connectivity index is 3.00. The third-order valence-electron chi connectivity index (χ3n) is 2.95. The minimum absolute atomic E-state index is 0.0310. The molecule has 7 nitrogen and oxygen atoms in total. The van der Waals surface area contributed by atoms with E-state index in [-0.39, 0.29) is 11.7 Å².